The van der Waals surface area contributed by atoms with Gasteiger partial charge in [0.05, 0.1) is 10.4 Å². The molecule has 0 rings (SSSR count). The minimum atomic E-state index is -0.448. The molecule has 0 N–H and O–H groups in total. The van der Waals surface area contributed by atoms with Crippen molar-refractivity contribution < 1.29 is 0 Å². The van der Waals surface area contributed by atoms with Gasteiger partial charge in [0, 0.05) is 5.54 Å². The summed E-state index contributed by atoms with van der Waals surface area (Å²) in [6.45, 7) is 13.9. The Bertz CT molecular complexity index is 237. The van der Waals surface area contributed by atoms with E-state index in [0.717, 1.165) is 0 Å². The first kappa shape index (κ1) is 13.6. The number of alkyl halides is 1. The third-order valence-electron chi connectivity index (χ3n) is 2.78. The highest BCUT2D eigenvalue weighted by atomic mass is 35.5. The number of hydrogen-bond acceptors (Lipinski definition) is 2. The van der Waals surface area contributed by atoms with Crippen LogP contribution in [0.5, 0.6) is 0 Å². The SMILES string of the molecule is CC(C)(C)N(C#N)C(C)(C)C(C)(C)Cl. The molecule has 0 fully saturated rings. The van der Waals surface area contributed by atoms with Crippen LogP contribution in [0.2, 0.25) is 0 Å². The van der Waals surface area contributed by atoms with Crippen molar-refractivity contribution in [3.63, 3.8) is 0 Å². The maximum Gasteiger partial charge on any atom is 0.180 e. The van der Waals surface area contributed by atoms with Gasteiger partial charge in [-0.25, -0.2) is 0 Å². The predicted molar refractivity (Wildman–Crippen MR) is 61.2 cm³/mol. The minimum Gasteiger partial charge on any atom is -0.298 e. The standard InChI is InChI=1S/C11H21ClN2/c1-9(2,3)14(8-13)11(6,7)10(4,5)12/h1-7H3. The van der Waals surface area contributed by atoms with Crippen molar-refractivity contribution in [2.75, 3.05) is 0 Å². The molecule has 0 radical (unpaired) electrons. The fraction of sp³-hybridized carbons (Fsp3) is 0.909. The van der Waals surface area contributed by atoms with Crippen molar-refractivity contribution in [2.24, 2.45) is 0 Å². The molecule has 0 bridgehead atoms. The molecule has 82 valence electrons. The third kappa shape index (κ3) is 2.54. The Hall–Kier alpha value is -0.420. The molecule has 0 saturated carbocycles. The molecule has 3 heteroatoms. The van der Waals surface area contributed by atoms with Gasteiger partial charge in [0.15, 0.2) is 6.19 Å². The Balaban J connectivity index is 5.18. The Kier molecular flexibility index (Phi) is 3.51. The first-order valence-electron chi connectivity index (χ1n) is 4.83. The van der Waals surface area contributed by atoms with Gasteiger partial charge in [-0.15, -0.1) is 11.6 Å². The second kappa shape index (κ2) is 3.62. The number of hydrogen-bond donors (Lipinski definition) is 0. The number of rotatable bonds is 2. The van der Waals surface area contributed by atoms with E-state index in [1.54, 1.807) is 4.90 Å². The Morgan fingerprint density at radius 3 is 1.43 bits per heavy atom. The molecule has 0 atom stereocenters. The van der Waals surface area contributed by atoms with Gasteiger partial charge >= 0.3 is 0 Å². The fourth-order valence-corrected chi connectivity index (χ4v) is 1.46. The van der Waals surface area contributed by atoms with Crippen LogP contribution < -0.4 is 0 Å². The molecule has 0 amide bonds. The summed E-state index contributed by atoms with van der Waals surface area (Å²) in [6, 6.07) is 0. The van der Waals surface area contributed by atoms with Gasteiger partial charge in [0.1, 0.15) is 0 Å². The van der Waals surface area contributed by atoms with Crippen molar-refractivity contribution in [1.29, 1.82) is 5.26 Å². The molecule has 0 unspecified atom stereocenters. The van der Waals surface area contributed by atoms with E-state index in [1.165, 1.54) is 0 Å². The monoisotopic (exact) mass is 216 g/mol. The van der Waals surface area contributed by atoms with Gasteiger partial charge in [-0.05, 0) is 48.5 Å². The van der Waals surface area contributed by atoms with Crippen LogP contribution in [0.15, 0.2) is 0 Å². The van der Waals surface area contributed by atoms with Crippen LogP contribution >= 0.6 is 11.6 Å². The van der Waals surface area contributed by atoms with Crippen molar-refractivity contribution in [3.05, 3.63) is 0 Å². The Morgan fingerprint density at radius 1 is 1.00 bits per heavy atom. The number of halogens is 1. The molecule has 0 saturated heterocycles. The highest BCUT2D eigenvalue weighted by Gasteiger charge is 2.44. The van der Waals surface area contributed by atoms with Gasteiger partial charge in [0.2, 0.25) is 0 Å². The Morgan fingerprint density at radius 2 is 1.36 bits per heavy atom. The zero-order chi connectivity index (χ0) is 11.8. The van der Waals surface area contributed by atoms with Gasteiger partial charge < -0.3 is 0 Å². The molecular formula is C11H21ClN2. The highest BCUT2D eigenvalue weighted by molar-refractivity contribution is 6.24. The van der Waals surface area contributed by atoms with Crippen LogP contribution in [0.25, 0.3) is 0 Å². The van der Waals surface area contributed by atoms with Crippen molar-refractivity contribution in [3.8, 4) is 6.19 Å². The molecule has 2 nitrogen and oxygen atoms in total. The molecule has 14 heavy (non-hydrogen) atoms. The molecule has 0 aliphatic heterocycles. The lowest BCUT2D eigenvalue weighted by molar-refractivity contribution is 0.0666. The maximum atomic E-state index is 9.18. The summed E-state index contributed by atoms with van der Waals surface area (Å²) in [5.74, 6) is 0. The van der Waals surface area contributed by atoms with E-state index >= 15 is 0 Å². The van der Waals surface area contributed by atoms with Gasteiger partial charge in [0.25, 0.3) is 0 Å². The van der Waals surface area contributed by atoms with Gasteiger partial charge in [-0.1, -0.05) is 0 Å². The normalized spacial score (nSPS) is 13.6. The average Bonchev–Trinajstić information content (AvgIpc) is 1.80. The first-order valence-corrected chi connectivity index (χ1v) is 5.21. The fourth-order valence-electron chi connectivity index (χ4n) is 1.38. The van der Waals surface area contributed by atoms with Crippen LogP contribution in [-0.4, -0.2) is 20.9 Å². The van der Waals surface area contributed by atoms with E-state index in [9.17, 15) is 5.26 Å². The summed E-state index contributed by atoms with van der Waals surface area (Å²) >= 11 is 6.31. The molecule has 0 aliphatic carbocycles. The van der Waals surface area contributed by atoms with Crippen LogP contribution in [0.4, 0.5) is 0 Å². The van der Waals surface area contributed by atoms with Crippen molar-refractivity contribution in [1.82, 2.24) is 4.90 Å². The molecular weight excluding hydrogens is 196 g/mol. The lowest BCUT2D eigenvalue weighted by atomic mass is 9.84. The first-order chi connectivity index (χ1) is 5.94. The molecule has 0 aromatic heterocycles. The van der Waals surface area contributed by atoms with Crippen LogP contribution in [0.3, 0.4) is 0 Å². The van der Waals surface area contributed by atoms with Crippen LogP contribution in [0, 0.1) is 11.5 Å². The second-order valence-corrected chi connectivity index (χ2v) is 6.58. The minimum absolute atomic E-state index is 0.204. The van der Waals surface area contributed by atoms with E-state index in [-0.39, 0.29) is 11.1 Å². The lowest BCUT2D eigenvalue weighted by Crippen LogP contribution is -2.59. The van der Waals surface area contributed by atoms with Crippen LogP contribution in [0.1, 0.15) is 48.5 Å². The number of nitrogens with zero attached hydrogens (tertiary/aromatic N) is 2. The second-order valence-electron chi connectivity index (χ2n) is 5.64. The van der Waals surface area contributed by atoms with E-state index in [1.807, 2.05) is 48.5 Å². The topological polar surface area (TPSA) is 27.0 Å². The molecule has 0 aromatic carbocycles. The zero-order valence-electron chi connectivity index (χ0n) is 10.3. The zero-order valence-corrected chi connectivity index (χ0v) is 11.0. The number of nitriles is 1. The van der Waals surface area contributed by atoms with E-state index in [0.29, 0.717) is 0 Å². The summed E-state index contributed by atoms with van der Waals surface area (Å²) in [7, 11) is 0. The quantitative estimate of drug-likeness (QED) is 0.402. The summed E-state index contributed by atoms with van der Waals surface area (Å²) in [6.07, 6.45) is 2.24. The van der Waals surface area contributed by atoms with Crippen molar-refractivity contribution in [2.45, 2.75) is 64.4 Å². The smallest absolute Gasteiger partial charge is 0.180 e. The molecule has 0 aliphatic rings. The largest absolute Gasteiger partial charge is 0.298 e. The van der Waals surface area contributed by atoms with E-state index in [2.05, 4.69) is 6.19 Å². The molecule has 0 aromatic rings. The van der Waals surface area contributed by atoms with E-state index < -0.39 is 4.87 Å². The van der Waals surface area contributed by atoms with Crippen molar-refractivity contribution >= 4 is 11.6 Å². The summed E-state index contributed by atoms with van der Waals surface area (Å²) in [4.78, 5) is 1.31. The third-order valence-corrected chi connectivity index (χ3v) is 3.25. The summed E-state index contributed by atoms with van der Waals surface area (Å²) < 4.78 is 0. The molecule has 0 spiro atoms. The Labute approximate surface area is 92.8 Å². The highest BCUT2D eigenvalue weighted by Crippen LogP contribution is 2.37. The van der Waals surface area contributed by atoms with Gasteiger partial charge in [-0.3, -0.25) is 4.90 Å². The molecule has 0 heterocycles. The summed E-state index contributed by atoms with van der Waals surface area (Å²) in [5, 5.41) is 9.18. The maximum absolute atomic E-state index is 9.18. The lowest BCUT2D eigenvalue weighted by Gasteiger charge is -2.49. The predicted octanol–water partition coefficient (Wildman–Crippen LogP) is 3.36. The summed E-state index contributed by atoms with van der Waals surface area (Å²) in [5.41, 5.74) is -0.577. The van der Waals surface area contributed by atoms with Crippen LogP contribution in [-0.2, 0) is 0 Å². The average molecular weight is 217 g/mol. The van der Waals surface area contributed by atoms with E-state index in [4.69, 9.17) is 11.6 Å². The van der Waals surface area contributed by atoms with Gasteiger partial charge in [-0.2, -0.15) is 5.26 Å².